The van der Waals surface area contributed by atoms with Crippen molar-refractivity contribution < 1.29 is 23.6 Å². The van der Waals surface area contributed by atoms with Gasteiger partial charge >= 0.3 is 0 Å². The Hall–Kier alpha value is -3.03. The molecule has 0 unspecified atom stereocenters. The number of amides is 2. The molecule has 1 aliphatic heterocycles. The lowest BCUT2D eigenvalue weighted by molar-refractivity contribution is -0.131. The smallest absolute Gasteiger partial charge is 0.241 e. The van der Waals surface area contributed by atoms with Gasteiger partial charge in [-0.1, -0.05) is 5.16 Å². The van der Waals surface area contributed by atoms with Gasteiger partial charge in [0.25, 0.3) is 0 Å². The zero-order chi connectivity index (χ0) is 16.7. The lowest BCUT2D eigenvalue weighted by Crippen LogP contribution is -2.35. The molecule has 24 heavy (non-hydrogen) atoms. The SMILES string of the molecule is Cc1cc(NC(=O)C2(C(=O)Nc3ccc4c(c3)OCO4)CC2)no1. The van der Waals surface area contributed by atoms with Gasteiger partial charge in [-0.2, -0.15) is 0 Å². The van der Waals surface area contributed by atoms with Crippen molar-refractivity contribution in [3.63, 3.8) is 0 Å². The number of hydrogen-bond donors (Lipinski definition) is 2. The Bertz CT molecular complexity index is 825. The summed E-state index contributed by atoms with van der Waals surface area (Å²) in [6.45, 7) is 1.89. The molecule has 8 nitrogen and oxygen atoms in total. The molecule has 2 aromatic rings. The van der Waals surface area contributed by atoms with E-state index in [1.807, 2.05) is 0 Å². The van der Waals surface area contributed by atoms with Gasteiger partial charge in [0.15, 0.2) is 17.3 Å². The van der Waals surface area contributed by atoms with Crippen molar-refractivity contribution >= 4 is 23.3 Å². The summed E-state index contributed by atoms with van der Waals surface area (Å²) >= 11 is 0. The molecule has 1 saturated carbocycles. The number of carbonyl (C=O) groups is 2. The topological polar surface area (TPSA) is 103 Å². The molecule has 2 N–H and O–H groups in total. The summed E-state index contributed by atoms with van der Waals surface area (Å²) in [6, 6.07) is 6.70. The van der Waals surface area contributed by atoms with Gasteiger partial charge in [0.05, 0.1) is 0 Å². The maximum absolute atomic E-state index is 12.5. The molecular formula is C16H15N3O5. The van der Waals surface area contributed by atoms with Crippen molar-refractivity contribution in [1.82, 2.24) is 5.16 Å². The van der Waals surface area contributed by atoms with Crippen LogP contribution in [0.2, 0.25) is 0 Å². The van der Waals surface area contributed by atoms with Crippen molar-refractivity contribution in [2.24, 2.45) is 5.41 Å². The molecule has 0 spiro atoms. The van der Waals surface area contributed by atoms with Gasteiger partial charge < -0.3 is 24.6 Å². The van der Waals surface area contributed by atoms with E-state index in [1.54, 1.807) is 31.2 Å². The number of nitrogens with zero attached hydrogens (tertiary/aromatic N) is 1. The minimum absolute atomic E-state index is 0.163. The largest absolute Gasteiger partial charge is 0.454 e. The molecule has 0 radical (unpaired) electrons. The second kappa shape index (κ2) is 5.26. The van der Waals surface area contributed by atoms with Crippen LogP contribution in [-0.4, -0.2) is 23.8 Å². The number of fused-ring (bicyclic) bond motifs is 1. The highest BCUT2D eigenvalue weighted by molar-refractivity contribution is 6.16. The van der Waals surface area contributed by atoms with Gasteiger partial charge in [-0.15, -0.1) is 0 Å². The maximum atomic E-state index is 12.5. The minimum Gasteiger partial charge on any atom is -0.454 e. The number of anilines is 2. The molecular weight excluding hydrogens is 314 g/mol. The van der Waals surface area contributed by atoms with Gasteiger partial charge in [-0.05, 0) is 31.9 Å². The number of aromatic nitrogens is 1. The predicted molar refractivity (Wildman–Crippen MR) is 82.7 cm³/mol. The van der Waals surface area contributed by atoms with E-state index in [4.69, 9.17) is 14.0 Å². The predicted octanol–water partition coefficient (Wildman–Crippen LogP) is 2.07. The van der Waals surface area contributed by atoms with Crippen LogP contribution in [0.15, 0.2) is 28.8 Å². The van der Waals surface area contributed by atoms with Crippen molar-refractivity contribution in [1.29, 1.82) is 0 Å². The first-order chi connectivity index (χ1) is 11.6. The lowest BCUT2D eigenvalue weighted by atomic mass is 10.0. The summed E-state index contributed by atoms with van der Waals surface area (Å²) in [4.78, 5) is 25.0. The molecule has 4 rings (SSSR count). The van der Waals surface area contributed by atoms with Crippen LogP contribution in [-0.2, 0) is 9.59 Å². The third-order valence-electron chi connectivity index (χ3n) is 4.12. The van der Waals surface area contributed by atoms with Crippen LogP contribution in [0.4, 0.5) is 11.5 Å². The summed E-state index contributed by atoms with van der Waals surface area (Å²) in [7, 11) is 0. The molecule has 2 aliphatic rings. The Kier molecular flexibility index (Phi) is 3.19. The fraction of sp³-hybridized carbons (Fsp3) is 0.312. The molecule has 1 aliphatic carbocycles. The molecule has 0 saturated heterocycles. The number of rotatable bonds is 4. The number of carbonyl (C=O) groups excluding carboxylic acids is 2. The summed E-state index contributed by atoms with van der Waals surface area (Å²) in [6.07, 6.45) is 0.984. The maximum Gasteiger partial charge on any atom is 0.241 e. The second-order valence-corrected chi connectivity index (χ2v) is 5.88. The highest BCUT2D eigenvalue weighted by atomic mass is 16.7. The van der Waals surface area contributed by atoms with Gasteiger partial charge in [-0.3, -0.25) is 9.59 Å². The van der Waals surface area contributed by atoms with Crippen LogP contribution < -0.4 is 20.1 Å². The second-order valence-electron chi connectivity index (χ2n) is 5.88. The van der Waals surface area contributed by atoms with Crippen molar-refractivity contribution in [2.45, 2.75) is 19.8 Å². The number of ether oxygens (including phenoxy) is 2. The highest BCUT2D eigenvalue weighted by Gasteiger charge is 2.56. The normalized spacial score (nSPS) is 16.5. The molecule has 1 aromatic carbocycles. The van der Waals surface area contributed by atoms with Gasteiger partial charge in [0.2, 0.25) is 18.6 Å². The molecule has 1 fully saturated rings. The Balaban J connectivity index is 1.46. The monoisotopic (exact) mass is 329 g/mol. The van der Waals surface area contributed by atoms with E-state index in [2.05, 4.69) is 15.8 Å². The van der Waals surface area contributed by atoms with Crippen molar-refractivity contribution in [3.8, 4) is 11.5 Å². The number of nitrogens with one attached hydrogen (secondary N) is 2. The fourth-order valence-corrected chi connectivity index (χ4v) is 2.57. The first-order valence-corrected chi connectivity index (χ1v) is 7.53. The molecule has 2 heterocycles. The van der Waals surface area contributed by atoms with Crippen LogP contribution in [0, 0.1) is 12.3 Å². The Morgan fingerprint density at radius 3 is 2.54 bits per heavy atom. The van der Waals surface area contributed by atoms with E-state index < -0.39 is 5.41 Å². The fourth-order valence-electron chi connectivity index (χ4n) is 2.57. The van der Waals surface area contributed by atoms with Gasteiger partial charge in [-0.25, -0.2) is 0 Å². The van der Waals surface area contributed by atoms with E-state index in [-0.39, 0.29) is 18.6 Å². The van der Waals surface area contributed by atoms with Crippen LogP contribution >= 0.6 is 0 Å². The van der Waals surface area contributed by atoms with Crippen molar-refractivity contribution in [2.75, 3.05) is 17.4 Å². The van der Waals surface area contributed by atoms with Crippen LogP contribution in [0.25, 0.3) is 0 Å². The first kappa shape index (κ1) is 14.6. The van der Waals surface area contributed by atoms with E-state index >= 15 is 0 Å². The zero-order valence-electron chi connectivity index (χ0n) is 12.9. The molecule has 8 heteroatoms. The van der Waals surface area contributed by atoms with E-state index in [0.29, 0.717) is 41.6 Å². The third kappa shape index (κ3) is 2.45. The van der Waals surface area contributed by atoms with Crippen molar-refractivity contribution in [3.05, 3.63) is 30.0 Å². The summed E-state index contributed by atoms with van der Waals surface area (Å²) in [5.41, 5.74) is -0.510. The Labute approximate surface area is 137 Å². The minimum atomic E-state index is -1.07. The number of aryl methyl sites for hydroxylation is 1. The third-order valence-corrected chi connectivity index (χ3v) is 4.12. The summed E-state index contributed by atoms with van der Waals surface area (Å²) in [5, 5.41) is 9.10. The first-order valence-electron chi connectivity index (χ1n) is 7.53. The van der Waals surface area contributed by atoms with Crippen LogP contribution in [0.1, 0.15) is 18.6 Å². The quantitative estimate of drug-likeness (QED) is 0.833. The molecule has 0 atom stereocenters. The summed E-state index contributed by atoms with van der Waals surface area (Å²) < 4.78 is 15.4. The number of benzene rings is 1. The average molecular weight is 329 g/mol. The van der Waals surface area contributed by atoms with E-state index in [9.17, 15) is 9.59 Å². The molecule has 2 amide bonds. The van der Waals surface area contributed by atoms with Crippen LogP contribution in [0.5, 0.6) is 11.5 Å². The highest BCUT2D eigenvalue weighted by Crippen LogP contribution is 2.47. The van der Waals surface area contributed by atoms with E-state index in [0.717, 1.165) is 0 Å². The average Bonchev–Trinajstić information content (AvgIpc) is 3.09. The summed E-state index contributed by atoms with van der Waals surface area (Å²) in [5.74, 6) is 1.36. The zero-order valence-corrected chi connectivity index (χ0v) is 12.9. The van der Waals surface area contributed by atoms with E-state index in [1.165, 1.54) is 0 Å². The molecule has 1 aromatic heterocycles. The molecule has 124 valence electrons. The number of hydrogen-bond acceptors (Lipinski definition) is 6. The van der Waals surface area contributed by atoms with Crippen LogP contribution in [0.3, 0.4) is 0 Å². The standard InChI is InChI=1S/C16H15N3O5/c1-9-6-13(19-24-9)18-15(21)16(4-5-16)14(20)17-10-2-3-11-12(7-10)23-8-22-11/h2-3,6-7H,4-5,8H2,1H3,(H,17,20)(H,18,19,21). The van der Waals surface area contributed by atoms with Gasteiger partial charge in [0.1, 0.15) is 11.2 Å². The Morgan fingerprint density at radius 1 is 1.08 bits per heavy atom. The lowest BCUT2D eigenvalue weighted by Gasteiger charge is -2.14. The van der Waals surface area contributed by atoms with Gasteiger partial charge in [0, 0.05) is 17.8 Å². The Morgan fingerprint density at radius 2 is 1.83 bits per heavy atom. The molecule has 0 bridgehead atoms.